The van der Waals surface area contributed by atoms with E-state index >= 15 is 0 Å². The van der Waals surface area contributed by atoms with Crippen molar-refractivity contribution in [2.45, 2.75) is 32.2 Å². The van der Waals surface area contributed by atoms with Crippen molar-refractivity contribution in [3.63, 3.8) is 0 Å². The summed E-state index contributed by atoms with van der Waals surface area (Å²) in [6.07, 6.45) is 0. The number of rotatable bonds is 7. The first kappa shape index (κ1) is 21.6. The molecule has 1 N–H and O–H groups in total. The van der Waals surface area contributed by atoms with E-state index in [1.807, 2.05) is 13.8 Å². The molecule has 9 nitrogen and oxygen atoms in total. The molecule has 0 bridgehead atoms. The first-order chi connectivity index (χ1) is 15.3. The standard InChI is InChI=1S/C22H23N5O4S/c1-4-31-19-8-6-5-7-18(19)26(32(29,30)17-11-9-15(2)10-12-17)14-20-24-22-23-16(3)13-21(28)27(22)25-20/h5-13H,4,14H2,1-3H3,(H,23,24,25). The van der Waals surface area contributed by atoms with Gasteiger partial charge < -0.3 is 4.74 Å². The monoisotopic (exact) mass is 453 g/mol. The van der Waals surface area contributed by atoms with E-state index in [4.69, 9.17) is 4.74 Å². The average molecular weight is 454 g/mol. The predicted octanol–water partition coefficient (Wildman–Crippen LogP) is 2.83. The lowest BCUT2D eigenvalue weighted by molar-refractivity contribution is 0.341. The number of hydrogen-bond acceptors (Lipinski definition) is 6. The SMILES string of the molecule is CCOc1ccccc1N(Cc1nc2nc(C)cc(=O)n2[nH]1)S(=O)(=O)c1ccc(C)cc1. The largest absolute Gasteiger partial charge is 0.492 e. The van der Waals surface area contributed by atoms with Crippen molar-refractivity contribution in [1.29, 1.82) is 0 Å². The summed E-state index contributed by atoms with van der Waals surface area (Å²) in [7, 11) is -3.98. The van der Waals surface area contributed by atoms with Crippen LogP contribution in [-0.2, 0) is 16.6 Å². The molecule has 32 heavy (non-hydrogen) atoms. The summed E-state index contributed by atoms with van der Waals surface area (Å²) < 4.78 is 35.5. The van der Waals surface area contributed by atoms with Crippen LogP contribution in [0.4, 0.5) is 5.69 Å². The van der Waals surface area contributed by atoms with Crippen LogP contribution in [0, 0.1) is 13.8 Å². The van der Waals surface area contributed by atoms with Gasteiger partial charge in [0.05, 0.1) is 23.7 Å². The van der Waals surface area contributed by atoms with E-state index in [-0.39, 0.29) is 28.6 Å². The predicted molar refractivity (Wildman–Crippen MR) is 121 cm³/mol. The van der Waals surface area contributed by atoms with E-state index in [0.29, 0.717) is 23.7 Å². The Hall–Kier alpha value is -3.66. The van der Waals surface area contributed by atoms with Crippen LogP contribution in [0.25, 0.3) is 5.78 Å². The van der Waals surface area contributed by atoms with Gasteiger partial charge in [-0.05, 0) is 45.0 Å². The van der Waals surface area contributed by atoms with Gasteiger partial charge in [0.25, 0.3) is 21.4 Å². The Morgan fingerprint density at radius 1 is 1.06 bits per heavy atom. The van der Waals surface area contributed by atoms with Crippen LogP contribution in [0.15, 0.2) is 64.3 Å². The zero-order valence-electron chi connectivity index (χ0n) is 17.9. The number of aromatic nitrogens is 4. The summed E-state index contributed by atoms with van der Waals surface area (Å²) in [6, 6.07) is 14.9. The van der Waals surface area contributed by atoms with E-state index in [0.717, 1.165) is 5.56 Å². The Kier molecular flexibility index (Phi) is 5.70. The van der Waals surface area contributed by atoms with E-state index in [2.05, 4.69) is 15.1 Å². The minimum atomic E-state index is -3.98. The highest BCUT2D eigenvalue weighted by molar-refractivity contribution is 7.92. The molecule has 0 spiro atoms. The molecule has 0 aliphatic heterocycles. The molecule has 0 amide bonds. The van der Waals surface area contributed by atoms with Gasteiger partial charge in [0, 0.05) is 11.8 Å². The highest BCUT2D eigenvalue weighted by atomic mass is 32.2. The molecule has 4 rings (SSSR count). The second-order valence-corrected chi connectivity index (χ2v) is 9.13. The average Bonchev–Trinajstić information content (AvgIpc) is 3.16. The van der Waals surface area contributed by atoms with E-state index < -0.39 is 10.0 Å². The van der Waals surface area contributed by atoms with Gasteiger partial charge in [0.2, 0.25) is 0 Å². The lowest BCUT2D eigenvalue weighted by atomic mass is 10.2. The number of benzene rings is 2. The van der Waals surface area contributed by atoms with Crippen LogP contribution in [0.1, 0.15) is 24.0 Å². The van der Waals surface area contributed by atoms with Crippen molar-refractivity contribution >= 4 is 21.5 Å². The van der Waals surface area contributed by atoms with Crippen molar-refractivity contribution in [2.75, 3.05) is 10.9 Å². The molecular weight excluding hydrogens is 430 g/mol. The number of aryl methyl sites for hydroxylation is 2. The van der Waals surface area contributed by atoms with Crippen LogP contribution in [0.2, 0.25) is 0 Å². The quantitative estimate of drug-likeness (QED) is 0.461. The van der Waals surface area contributed by atoms with Crippen molar-refractivity contribution in [3.05, 3.63) is 82.0 Å². The van der Waals surface area contributed by atoms with Gasteiger partial charge in [0.1, 0.15) is 11.6 Å². The third kappa shape index (κ3) is 4.09. The maximum absolute atomic E-state index is 13.7. The summed E-state index contributed by atoms with van der Waals surface area (Å²) in [4.78, 5) is 21.0. The summed E-state index contributed by atoms with van der Waals surface area (Å²) >= 11 is 0. The van der Waals surface area contributed by atoms with Gasteiger partial charge in [-0.1, -0.05) is 29.8 Å². The maximum atomic E-state index is 13.7. The Morgan fingerprint density at radius 2 is 1.78 bits per heavy atom. The molecule has 0 fully saturated rings. The molecule has 0 radical (unpaired) electrons. The lowest BCUT2D eigenvalue weighted by Gasteiger charge is -2.25. The highest BCUT2D eigenvalue weighted by Crippen LogP contribution is 2.33. The summed E-state index contributed by atoms with van der Waals surface area (Å²) in [5.41, 5.74) is 1.52. The van der Waals surface area contributed by atoms with Crippen molar-refractivity contribution in [2.24, 2.45) is 0 Å². The molecule has 0 saturated heterocycles. The molecule has 4 aromatic rings. The topological polar surface area (TPSA) is 110 Å². The molecule has 0 saturated carbocycles. The fourth-order valence-electron chi connectivity index (χ4n) is 3.32. The molecule has 0 unspecified atom stereocenters. The molecule has 10 heteroatoms. The smallest absolute Gasteiger partial charge is 0.274 e. The van der Waals surface area contributed by atoms with Crippen molar-refractivity contribution < 1.29 is 13.2 Å². The van der Waals surface area contributed by atoms with Gasteiger partial charge in [-0.2, -0.15) is 9.50 Å². The third-order valence-corrected chi connectivity index (χ3v) is 6.62. The summed E-state index contributed by atoms with van der Waals surface area (Å²) in [5.74, 6) is 0.867. The minimum absolute atomic E-state index is 0.136. The third-order valence-electron chi connectivity index (χ3n) is 4.84. The first-order valence-electron chi connectivity index (χ1n) is 10.1. The number of ether oxygens (including phenoxy) is 1. The van der Waals surface area contributed by atoms with Crippen LogP contribution in [0.3, 0.4) is 0 Å². The van der Waals surface area contributed by atoms with Crippen LogP contribution in [0.5, 0.6) is 5.75 Å². The number of H-pyrrole nitrogens is 1. The van der Waals surface area contributed by atoms with Gasteiger partial charge in [-0.3, -0.25) is 14.2 Å². The van der Waals surface area contributed by atoms with Gasteiger partial charge in [-0.25, -0.2) is 13.4 Å². The molecule has 166 valence electrons. The lowest BCUT2D eigenvalue weighted by Crippen LogP contribution is -2.31. The van der Waals surface area contributed by atoms with Crippen molar-refractivity contribution in [3.8, 4) is 5.75 Å². The molecule has 2 aromatic carbocycles. The second-order valence-electron chi connectivity index (χ2n) is 7.27. The Bertz CT molecular complexity index is 1420. The van der Waals surface area contributed by atoms with Crippen LogP contribution < -0.4 is 14.6 Å². The number of para-hydroxylation sites is 2. The van der Waals surface area contributed by atoms with Crippen LogP contribution >= 0.6 is 0 Å². The second kappa shape index (κ2) is 8.46. The number of nitrogens with one attached hydrogen (secondary N) is 1. The van der Waals surface area contributed by atoms with E-state index in [1.54, 1.807) is 55.5 Å². The Labute approximate surface area is 185 Å². The zero-order valence-corrected chi connectivity index (χ0v) is 18.8. The molecule has 0 atom stereocenters. The molecule has 0 aliphatic carbocycles. The van der Waals surface area contributed by atoms with Gasteiger partial charge in [0.15, 0.2) is 0 Å². The van der Waals surface area contributed by atoms with E-state index in [1.165, 1.54) is 14.9 Å². The number of hydrogen-bond donors (Lipinski definition) is 1. The van der Waals surface area contributed by atoms with E-state index in [9.17, 15) is 13.2 Å². The van der Waals surface area contributed by atoms with Crippen molar-refractivity contribution in [1.82, 2.24) is 19.6 Å². The fourth-order valence-corrected chi connectivity index (χ4v) is 4.76. The molecule has 2 aromatic heterocycles. The number of anilines is 1. The number of sulfonamides is 1. The number of nitrogens with zero attached hydrogens (tertiary/aromatic N) is 4. The normalized spacial score (nSPS) is 11.6. The Balaban J connectivity index is 1.86. The fraction of sp³-hybridized carbons (Fsp3) is 0.227. The molecule has 0 aliphatic rings. The summed E-state index contributed by atoms with van der Waals surface area (Å²) in [6.45, 7) is 5.64. The van der Waals surface area contributed by atoms with Gasteiger partial charge >= 0.3 is 0 Å². The summed E-state index contributed by atoms with van der Waals surface area (Å²) in [5, 5.41) is 2.86. The maximum Gasteiger partial charge on any atom is 0.274 e. The highest BCUT2D eigenvalue weighted by Gasteiger charge is 2.29. The molecule has 2 heterocycles. The molecular formula is C22H23N5O4S. The first-order valence-corrected chi connectivity index (χ1v) is 11.5. The number of fused-ring (bicyclic) bond motifs is 1. The van der Waals surface area contributed by atoms with Gasteiger partial charge in [-0.15, -0.1) is 0 Å². The minimum Gasteiger partial charge on any atom is -0.492 e. The number of aromatic amines is 1. The Morgan fingerprint density at radius 3 is 2.50 bits per heavy atom. The van der Waals surface area contributed by atoms with Crippen LogP contribution in [-0.4, -0.2) is 34.6 Å². The zero-order chi connectivity index (χ0) is 22.9.